The number of anilines is 1. The molecule has 2 rings (SSSR count). The first-order valence-corrected chi connectivity index (χ1v) is 9.16. The molecule has 0 bridgehead atoms. The summed E-state index contributed by atoms with van der Waals surface area (Å²) in [6.45, 7) is 2.09. The molecule has 1 aromatic heterocycles. The second-order valence-corrected chi connectivity index (χ2v) is 7.87. The molecule has 6 nitrogen and oxygen atoms in total. The van der Waals surface area contributed by atoms with E-state index in [9.17, 15) is 8.42 Å². The number of nitrogen functional groups attached to an aromatic ring is 1. The van der Waals surface area contributed by atoms with E-state index < -0.39 is 10.0 Å². The van der Waals surface area contributed by atoms with E-state index in [4.69, 9.17) is 5.84 Å². The van der Waals surface area contributed by atoms with Crippen molar-refractivity contribution in [2.24, 2.45) is 5.84 Å². The van der Waals surface area contributed by atoms with Gasteiger partial charge >= 0.3 is 0 Å². The Morgan fingerprint density at radius 2 is 2.30 bits per heavy atom. The Kier molecular flexibility index (Phi) is 5.25. The summed E-state index contributed by atoms with van der Waals surface area (Å²) in [5.41, 5.74) is 2.75. The SMILES string of the molecule is CCSC1CCCC1NS(=O)(=O)c1cnccc1NN. The van der Waals surface area contributed by atoms with Crippen LogP contribution in [0.5, 0.6) is 0 Å². The van der Waals surface area contributed by atoms with Gasteiger partial charge in [-0.3, -0.25) is 10.8 Å². The molecule has 1 aliphatic rings. The lowest BCUT2D eigenvalue weighted by Gasteiger charge is -2.20. The number of nitrogens with one attached hydrogen (secondary N) is 2. The smallest absolute Gasteiger partial charge is 0.244 e. The third-order valence-corrected chi connectivity index (χ3v) is 6.21. The van der Waals surface area contributed by atoms with E-state index in [0.29, 0.717) is 10.9 Å². The summed E-state index contributed by atoms with van der Waals surface area (Å²) < 4.78 is 27.7. The Balaban J connectivity index is 2.18. The van der Waals surface area contributed by atoms with Crippen LogP contribution >= 0.6 is 11.8 Å². The van der Waals surface area contributed by atoms with Crippen LogP contribution in [-0.2, 0) is 10.0 Å². The number of hydrogen-bond donors (Lipinski definition) is 3. The molecule has 0 saturated heterocycles. The molecule has 8 heteroatoms. The van der Waals surface area contributed by atoms with Crippen molar-refractivity contribution < 1.29 is 8.42 Å². The first-order chi connectivity index (χ1) is 9.58. The third-order valence-electron chi connectivity index (χ3n) is 3.37. The molecule has 1 fully saturated rings. The van der Waals surface area contributed by atoms with Gasteiger partial charge in [-0.15, -0.1) is 0 Å². The summed E-state index contributed by atoms with van der Waals surface area (Å²) in [5.74, 6) is 6.35. The molecule has 2 atom stereocenters. The van der Waals surface area contributed by atoms with E-state index in [1.807, 2.05) is 11.8 Å². The van der Waals surface area contributed by atoms with Gasteiger partial charge in [0.2, 0.25) is 10.0 Å². The van der Waals surface area contributed by atoms with Gasteiger partial charge in [-0.25, -0.2) is 13.1 Å². The maximum atomic E-state index is 12.5. The van der Waals surface area contributed by atoms with E-state index >= 15 is 0 Å². The van der Waals surface area contributed by atoms with Crippen LogP contribution in [0.1, 0.15) is 26.2 Å². The fraction of sp³-hybridized carbons (Fsp3) is 0.583. The average molecular weight is 316 g/mol. The topological polar surface area (TPSA) is 97.1 Å². The molecule has 4 N–H and O–H groups in total. The van der Waals surface area contributed by atoms with Gasteiger partial charge in [0, 0.05) is 23.7 Å². The molecule has 0 amide bonds. The van der Waals surface area contributed by atoms with E-state index in [-0.39, 0.29) is 10.9 Å². The van der Waals surface area contributed by atoms with Crippen LogP contribution in [0.3, 0.4) is 0 Å². The van der Waals surface area contributed by atoms with Crippen LogP contribution in [0.15, 0.2) is 23.4 Å². The zero-order chi connectivity index (χ0) is 14.6. The number of sulfonamides is 1. The molecule has 1 aliphatic carbocycles. The molecule has 0 spiro atoms. The van der Waals surface area contributed by atoms with Gasteiger partial charge in [0.1, 0.15) is 4.90 Å². The Bertz CT molecular complexity index is 550. The number of nitrogens with zero attached hydrogens (tertiary/aromatic N) is 1. The van der Waals surface area contributed by atoms with Gasteiger partial charge in [0.25, 0.3) is 0 Å². The second kappa shape index (κ2) is 6.75. The number of hydrogen-bond acceptors (Lipinski definition) is 6. The maximum Gasteiger partial charge on any atom is 0.244 e. The number of thioether (sulfide) groups is 1. The van der Waals surface area contributed by atoms with Gasteiger partial charge in [-0.05, 0) is 24.7 Å². The molecule has 20 heavy (non-hydrogen) atoms. The van der Waals surface area contributed by atoms with E-state index in [1.165, 1.54) is 12.4 Å². The highest BCUT2D eigenvalue weighted by Crippen LogP contribution is 2.31. The molecule has 1 saturated carbocycles. The predicted molar refractivity (Wildman–Crippen MR) is 81.9 cm³/mol. The van der Waals surface area contributed by atoms with E-state index in [0.717, 1.165) is 25.0 Å². The molecular formula is C12H20N4O2S2. The highest BCUT2D eigenvalue weighted by atomic mass is 32.2. The summed E-state index contributed by atoms with van der Waals surface area (Å²) in [6, 6.07) is 1.53. The van der Waals surface area contributed by atoms with Gasteiger partial charge in [0.05, 0.1) is 5.69 Å². The minimum Gasteiger partial charge on any atom is -0.323 e. The third kappa shape index (κ3) is 3.43. The fourth-order valence-corrected chi connectivity index (χ4v) is 5.16. The highest BCUT2D eigenvalue weighted by Gasteiger charge is 2.32. The van der Waals surface area contributed by atoms with Crippen LogP contribution in [0, 0.1) is 0 Å². The largest absolute Gasteiger partial charge is 0.323 e. The van der Waals surface area contributed by atoms with Crippen LogP contribution < -0.4 is 16.0 Å². The zero-order valence-electron chi connectivity index (χ0n) is 11.4. The van der Waals surface area contributed by atoms with Crippen LogP contribution in [0.25, 0.3) is 0 Å². The minimum absolute atomic E-state index is 0.0178. The Morgan fingerprint density at radius 3 is 3.00 bits per heavy atom. The molecular weight excluding hydrogens is 296 g/mol. The van der Waals surface area contributed by atoms with Crippen LogP contribution in [-0.4, -0.2) is 30.4 Å². The first kappa shape index (κ1) is 15.6. The standard InChI is InChI=1S/C12H20N4O2S2/c1-2-19-11-5-3-4-9(11)16-20(17,18)12-8-14-7-6-10(12)15-13/h6-9,11,16H,2-5,13H2,1H3,(H,14,15). The number of rotatable bonds is 6. The normalized spacial score (nSPS) is 22.9. The molecule has 1 aromatic rings. The van der Waals surface area contributed by atoms with Crippen molar-refractivity contribution in [2.45, 2.75) is 42.4 Å². The van der Waals surface area contributed by atoms with Crippen molar-refractivity contribution in [1.29, 1.82) is 0 Å². The van der Waals surface area contributed by atoms with Crippen molar-refractivity contribution in [3.8, 4) is 0 Å². The number of aromatic nitrogens is 1. The summed E-state index contributed by atoms with van der Waals surface area (Å²) in [7, 11) is -3.61. The summed E-state index contributed by atoms with van der Waals surface area (Å²) >= 11 is 1.81. The Morgan fingerprint density at radius 1 is 1.50 bits per heavy atom. The van der Waals surface area contributed by atoms with Crippen molar-refractivity contribution in [3.05, 3.63) is 18.5 Å². The van der Waals surface area contributed by atoms with Crippen molar-refractivity contribution >= 4 is 27.5 Å². The molecule has 112 valence electrons. The lowest BCUT2D eigenvalue weighted by Crippen LogP contribution is -2.39. The van der Waals surface area contributed by atoms with E-state index in [2.05, 4.69) is 22.1 Å². The van der Waals surface area contributed by atoms with Crippen molar-refractivity contribution in [2.75, 3.05) is 11.2 Å². The lowest BCUT2D eigenvalue weighted by molar-refractivity contribution is 0.555. The Labute approximate surface area is 123 Å². The molecule has 0 aliphatic heterocycles. The van der Waals surface area contributed by atoms with Gasteiger partial charge in [-0.2, -0.15) is 11.8 Å². The summed E-state index contributed by atoms with van der Waals surface area (Å²) in [4.78, 5) is 3.96. The second-order valence-electron chi connectivity index (χ2n) is 4.67. The van der Waals surface area contributed by atoms with Crippen molar-refractivity contribution in [1.82, 2.24) is 9.71 Å². The monoisotopic (exact) mass is 316 g/mol. The van der Waals surface area contributed by atoms with Crippen molar-refractivity contribution in [3.63, 3.8) is 0 Å². The summed E-state index contributed by atoms with van der Waals surface area (Å²) in [5, 5.41) is 0.348. The molecule has 2 unspecified atom stereocenters. The average Bonchev–Trinajstić information content (AvgIpc) is 2.86. The van der Waals surface area contributed by atoms with E-state index in [1.54, 1.807) is 6.07 Å². The maximum absolute atomic E-state index is 12.5. The van der Waals surface area contributed by atoms with Gasteiger partial charge in [-0.1, -0.05) is 13.3 Å². The van der Waals surface area contributed by atoms with Crippen LogP contribution in [0.4, 0.5) is 5.69 Å². The fourth-order valence-electron chi connectivity index (χ4n) is 2.45. The molecule has 0 radical (unpaired) electrons. The summed E-state index contributed by atoms with van der Waals surface area (Å²) in [6.07, 6.45) is 5.80. The van der Waals surface area contributed by atoms with Crippen LogP contribution in [0.2, 0.25) is 0 Å². The molecule has 1 heterocycles. The number of hydrazine groups is 1. The predicted octanol–water partition coefficient (Wildman–Crippen LogP) is 1.32. The number of pyridine rings is 1. The Hall–Kier alpha value is -0.830. The van der Waals surface area contributed by atoms with Gasteiger partial charge < -0.3 is 5.43 Å². The first-order valence-electron chi connectivity index (χ1n) is 6.63. The quantitative estimate of drug-likeness (QED) is 0.541. The molecule has 0 aromatic carbocycles. The lowest BCUT2D eigenvalue weighted by atomic mass is 10.3. The number of nitrogens with two attached hydrogens (primary N) is 1. The highest BCUT2D eigenvalue weighted by molar-refractivity contribution is 8.00. The van der Waals surface area contributed by atoms with Gasteiger partial charge in [0.15, 0.2) is 0 Å². The minimum atomic E-state index is -3.61. The zero-order valence-corrected chi connectivity index (χ0v) is 13.0.